The van der Waals surface area contributed by atoms with Crippen molar-refractivity contribution >= 4 is 11.6 Å². The number of carbonyl (C=O) groups excluding carboxylic acids is 1. The van der Waals surface area contributed by atoms with Crippen molar-refractivity contribution in [3.8, 4) is 0 Å². The van der Waals surface area contributed by atoms with Gasteiger partial charge >= 0.3 is 0 Å². The van der Waals surface area contributed by atoms with Crippen LogP contribution >= 0.6 is 0 Å². The van der Waals surface area contributed by atoms with Gasteiger partial charge in [0.05, 0.1) is 17.9 Å². The summed E-state index contributed by atoms with van der Waals surface area (Å²) in [6.07, 6.45) is 7.56. The number of hydrogen-bond acceptors (Lipinski definition) is 3. The van der Waals surface area contributed by atoms with Crippen molar-refractivity contribution in [2.75, 3.05) is 24.5 Å². The number of hydrogen-bond donors (Lipinski definition) is 1. The predicted molar refractivity (Wildman–Crippen MR) is 96.6 cm³/mol. The molecule has 1 saturated heterocycles. The molecule has 1 aromatic heterocycles. The highest BCUT2D eigenvalue weighted by Crippen LogP contribution is 2.53. The first-order valence-corrected chi connectivity index (χ1v) is 9.27. The summed E-state index contributed by atoms with van der Waals surface area (Å²) in [7, 11) is 1.98. The minimum atomic E-state index is -0.0295. The molecule has 5 heteroatoms. The molecule has 3 aliphatic rings. The van der Waals surface area contributed by atoms with Gasteiger partial charge in [-0.15, -0.1) is 0 Å². The molecular formula is C20H24N4O. The van der Waals surface area contributed by atoms with Crippen LogP contribution in [0.3, 0.4) is 0 Å². The van der Waals surface area contributed by atoms with Gasteiger partial charge in [0.2, 0.25) is 5.91 Å². The average molecular weight is 336 g/mol. The Labute approximate surface area is 148 Å². The predicted octanol–water partition coefficient (Wildman–Crippen LogP) is 2.19. The molecule has 5 nitrogen and oxygen atoms in total. The Hall–Kier alpha value is -2.14. The average Bonchev–Trinajstić information content (AvgIpc) is 3.29. The molecule has 1 aliphatic carbocycles. The van der Waals surface area contributed by atoms with Crippen molar-refractivity contribution in [1.82, 2.24) is 14.9 Å². The van der Waals surface area contributed by atoms with Gasteiger partial charge in [0.1, 0.15) is 0 Å². The lowest BCUT2D eigenvalue weighted by Crippen LogP contribution is -2.44. The highest BCUT2D eigenvalue weighted by atomic mass is 16.2. The summed E-state index contributed by atoms with van der Waals surface area (Å²) < 4.78 is 1.96. The fourth-order valence-electron chi connectivity index (χ4n) is 4.93. The van der Waals surface area contributed by atoms with Crippen LogP contribution in [0.25, 0.3) is 0 Å². The van der Waals surface area contributed by atoms with Crippen LogP contribution in [0.1, 0.15) is 36.4 Å². The number of aromatic nitrogens is 2. The summed E-state index contributed by atoms with van der Waals surface area (Å²) >= 11 is 0. The van der Waals surface area contributed by atoms with Gasteiger partial charge in [0.25, 0.3) is 0 Å². The lowest BCUT2D eigenvalue weighted by atomic mass is 9.66. The number of para-hydroxylation sites is 1. The number of nitrogens with one attached hydrogen (secondary N) is 1. The highest BCUT2D eigenvalue weighted by Gasteiger charge is 2.50. The highest BCUT2D eigenvalue weighted by molar-refractivity contribution is 5.98. The smallest absolute Gasteiger partial charge is 0.232 e. The monoisotopic (exact) mass is 336 g/mol. The number of fused-ring (bicyclic) bond motifs is 2. The van der Waals surface area contributed by atoms with Gasteiger partial charge in [-0.3, -0.25) is 4.79 Å². The zero-order valence-corrected chi connectivity index (χ0v) is 14.6. The standard InChI is InChI=1S/C20H24N4O/c1-23-11-17(22-13-23)14-9-21-10-15(14)19(25)24-12-20(7-4-8-20)16-5-2-3-6-18(16)24/h2-3,5-6,11,13-15,21H,4,7-10,12H2,1H3/t14-,15-/m1/s1. The minimum absolute atomic E-state index is 0.0295. The molecule has 2 fully saturated rings. The Morgan fingerprint density at radius 2 is 2.12 bits per heavy atom. The first-order valence-electron chi connectivity index (χ1n) is 9.27. The zero-order valence-electron chi connectivity index (χ0n) is 14.6. The lowest BCUT2D eigenvalue weighted by molar-refractivity contribution is -0.122. The summed E-state index contributed by atoms with van der Waals surface area (Å²) in [5.74, 6) is 0.397. The third kappa shape index (κ3) is 2.18. The van der Waals surface area contributed by atoms with E-state index in [2.05, 4.69) is 39.5 Å². The Bertz CT molecular complexity index is 823. The molecule has 1 saturated carbocycles. The SMILES string of the molecule is Cn1cnc([C@@H]2CNC[C@H]2C(=O)N2CC3(CCC3)c3ccccc32)c1. The Morgan fingerprint density at radius 1 is 1.28 bits per heavy atom. The third-order valence-corrected chi connectivity index (χ3v) is 6.44. The molecule has 1 N–H and O–H groups in total. The van der Waals surface area contributed by atoms with E-state index in [4.69, 9.17) is 0 Å². The first-order chi connectivity index (χ1) is 12.2. The molecule has 0 bridgehead atoms. The normalized spacial score (nSPS) is 26.7. The van der Waals surface area contributed by atoms with E-state index >= 15 is 0 Å². The maximum atomic E-state index is 13.5. The Balaban J connectivity index is 1.46. The van der Waals surface area contributed by atoms with E-state index in [0.717, 1.165) is 31.0 Å². The van der Waals surface area contributed by atoms with E-state index in [-0.39, 0.29) is 23.2 Å². The van der Waals surface area contributed by atoms with Crippen LogP contribution in [0, 0.1) is 5.92 Å². The van der Waals surface area contributed by atoms with Crippen molar-refractivity contribution in [2.45, 2.75) is 30.6 Å². The van der Waals surface area contributed by atoms with Gasteiger partial charge < -0.3 is 14.8 Å². The maximum Gasteiger partial charge on any atom is 0.232 e. The molecule has 0 radical (unpaired) electrons. The quantitative estimate of drug-likeness (QED) is 0.915. The van der Waals surface area contributed by atoms with Crippen LogP contribution in [0.4, 0.5) is 5.69 Å². The molecule has 1 amide bonds. The number of anilines is 1. The number of imidazole rings is 1. The summed E-state index contributed by atoms with van der Waals surface area (Å²) in [4.78, 5) is 20.1. The summed E-state index contributed by atoms with van der Waals surface area (Å²) in [6, 6.07) is 8.52. The van der Waals surface area contributed by atoms with Gasteiger partial charge in [-0.05, 0) is 24.5 Å². The molecule has 5 rings (SSSR count). The van der Waals surface area contributed by atoms with Crippen LogP contribution in [0.5, 0.6) is 0 Å². The van der Waals surface area contributed by atoms with E-state index in [1.54, 1.807) is 0 Å². The van der Waals surface area contributed by atoms with Gasteiger partial charge in [-0.2, -0.15) is 0 Å². The van der Waals surface area contributed by atoms with Crippen molar-refractivity contribution in [3.05, 3.63) is 48.0 Å². The minimum Gasteiger partial charge on any atom is -0.340 e. The zero-order chi connectivity index (χ0) is 17.0. The summed E-state index contributed by atoms with van der Waals surface area (Å²) in [6.45, 7) is 2.43. The molecule has 2 aliphatic heterocycles. The number of nitrogens with zero attached hydrogens (tertiary/aromatic N) is 3. The molecule has 2 atom stereocenters. The largest absolute Gasteiger partial charge is 0.340 e. The van der Waals surface area contributed by atoms with E-state index in [0.29, 0.717) is 0 Å². The van der Waals surface area contributed by atoms with Gasteiger partial charge in [-0.1, -0.05) is 24.6 Å². The van der Waals surface area contributed by atoms with E-state index in [1.165, 1.54) is 24.8 Å². The van der Waals surface area contributed by atoms with E-state index < -0.39 is 0 Å². The van der Waals surface area contributed by atoms with Crippen molar-refractivity contribution in [3.63, 3.8) is 0 Å². The molecule has 1 aromatic carbocycles. The molecule has 25 heavy (non-hydrogen) atoms. The number of benzene rings is 1. The van der Waals surface area contributed by atoms with Crippen molar-refractivity contribution < 1.29 is 4.79 Å². The second-order valence-electron chi connectivity index (χ2n) is 7.91. The van der Waals surface area contributed by atoms with Crippen LogP contribution in [-0.2, 0) is 17.3 Å². The number of amides is 1. The topological polar surface area (TPSA) is 50.2 Å². The molecule has 3 heterocycles. The Kier molecular flexibility index (Phi) is 3.29. The Morgan fingerprint density at radius 3 is 2.84 bits per heavy atom. The fourth-order valence-corrected chi connectivity index (χ4v) is 4.93. The fraction of sp³-hybridized carbons (Fsp3) is 0.500. The summed E-state index contributed by atoms with van der Waals surface area (Å²) in [5.41, 5.74) is 3.77. The van der Waals surface area contributed by atoms with Gasteiger partial charge in [0.15, 0.2) is 0 Å². The summed E-state index contributed by atoms with van der Waals surface area (Å²) in [5, 5.41) is 3.41. The number of rotatable bonds is 2. The van der Waals surface area contributed by atoms with Crippen LogP contribution in [0.2, 0.25) is 0 Å². The number of carbonyl (C=O) groups is 1. The third-order valence-electron chi connectivity index (χ3n) is 6.44. The molecule has 2 aromatic rings. The van der Waals surface area contributed by atoms with Crippen molar-refractivity contribution in [2.24, 2.45) is 13.0 Å². The van der Waals surface area contributed by atoms with Crippen LogP contribution in [-0.4, -0.2) is 35.1 Å². The van der Waals surface area contributed by atoms with Gasteiger partial charge in [-0.25, -0.2) is 4.98 Å². The van der Waals surface area contributed by atoms with Crippen LogP contribution in [0.15, 0.2) is 36.8 Å². The maximum absolute atomic E-state index is 13.5. The van der Waals surface area contributed by atoms with Gasteiger partial charge in [0, 0.05) is 49.9 Å². The second-order valence-corrected chi connectivity index (χ2v) is 7.91. The molecule has 1 spiro atoms. The molecule has 0 unspecified atom stereocenters. The van der Waals surface area contributed by atoms with Crippen molar-refractivity contribution in [1.29, 1.82) is 0 Å². The van der Waals surface area contributed by atoms with E-state index in [9.17, 15) is 4.79 Å². The molecule has 130 valence electrons. The molecular weight excluding hydrogens is 312 g/mol. The number of aryl methyl sites for hydroxylation is 1. The lowest BCUT2D eigenvalue weighted by Gasteiger charge is -2.39. The van der Waals surface area contributed by atoms with Crippen LogP contribution < -0.4 is 10.2 Å². The second kappa shape index (κ2) is 5.43. The van der Waals surface area contributed by atoms with E-state index in [1.807, 2.05) is 24.1 Å². The first kappa shape index (κ1) is 15.1.